The van der Waals surface area contributed by atoms with E-state index in [2.05, 4.69) is 25.2 Å². The van der Waals surface area contributed by atoms with Crippen LogP contribution in [-0.2, 0) is 0 Å². The molecule has 0 aromatic rings. The van der Waals surface area contributed by atoms with Gasteiger partial charge in [-0.05, 0) is 37.5 Å². The molecule has 0 saturated heterocycles. The van der Waals surface area contributed by atoms with E-state index in [-0.39, 0.29) is 0 Å². The van der Waals surface area contributed by atoms with Crippen molar-refractivity contribution >= 4 is 0 Å². The molecule has 2 unspecified atom stereocenters. The fourth-order valence-electron chi connectivity index (χ4n) is 4.34. The Kier molecular flexibility index (Phi) is 9.76. The highest BCUT2D eigenvalue weighted by Crippen LogP contribution is 2.43. The quantitative estimate of drug-likeness (QED) is 0.225. The summed E-state index contributed by atoms with van der Waals surface area (Å²) < 4.78 is 0. The van der Waals surface area contributed by atoms with Crippen molar-refractivity contribution in [1.82, 2.24) is 0 Å². The number of hydrogen-bond donors (Lipinski definition) is 0. The van der Waals surface area contributed by atoms with Gasteiger partial charge in [0.25, 0.3) is 0 Å². The van der Waals surface area contributed by atoms with Gasteiger partial charge in [-0.15, -0.1) is 0 Å². The second-order valence-electron chi connectivity index (χ2n) is 8.00. The minimum atomic E-state index is 0.835. The van der Waals surface area contributed by atoms with Crippen molar-refractivity contribution in [2.75, 3.05) is 0 Å². The average Bonchev–Trinajstić information content (AvgIpc) is 3.18. The first-order valence-electron chi connectivity index (χ1n) is 10.8. The molecule has 2 bridgehead atoms. The Morgan fingerprint density at radius 3 is 1.83 bits per heavy atom. The SMILES string of the molecule is CCCCCCCCCCCCCCCC=C1CC2C=CC1C2. The lowest BCUT2D eigenvalue weighted by atomic mass is 9.98. The maximum absolute atomic E-state index is 2.58. The molecule has 0 aromatic carbocycles. The lowest BCUT2D eigenvalue weighted by molar-refractivity contribution is 0.540. The third kappa shape index (κ3) is 7.73. The zero-order valence-electron chi connectivity index (χ0n) is 15.7. The summed E-state index contributed by atoms with van der Waals surface area (Å²) in [6.07, 6.45) is 30.5. The first-order chi connectivity index (χ1) is 11.4. The van der Waals surface area contributed by atoms with Gasteiger partial charge in [0.15, 0.2) is 0 Å². The molecule has 0 heterocycles. The number of unbranched alkanes of at least 4 members (excludes halogenated alkanes) is 13. The first kappa shape index (κ1) is 18.8. The predicted octanol–water partition coefficient (Wildman–Crippen LogP) is 7.99. The first-order valence-corrected chi connectivity index (χ1v) is 10.8. The van der Waals surface area contributed by atoms with Crippen molar-refractivity contribution < 1.29 is 0 Å². The summed E-state index contributed by atoms with van der Waals surface area (Å²) in [5.41, 5.74) is 1.76. The molecule has 0 amide bonds. The fraction of sp³-hybridized carbons (Fsp3) is 0.826. The van der Waals surface area contributed by atoms with Crippen molar-refractivity contribution in [2.24, 2.45) is 11.8 Å². The van der Waals surface area contributed by atoms with Gasteiger partial charge in [0.1, 0.15) is 0 Å². The number of allylic oxidation sites excluding steroid dienone is 4. The van der Waals surface area contributed by atoms with Crippen molar-refractivity contribution in [3.63, 3.8) is 0 Å². The van der Waals surface area contributed by atoms with E-state index in [1.54, 1.807) is 5.57 Å². The normalized spacial score (nSPS) is 24.1. The van der Waals surface area contributed by atoms with Gasteiger partial charge in [0.05, 0.1) is 0 Å². The van der Waals surface area contributed by atoms with Crippen LogP contribution in [0.5, 0.6) is 0 Å². The average molecular weight is 317 g/mol. The van der Waals surface area contributed by atoms with Crippen molar-refractivity contribution in [3.8, 4) is 0 Å². The molecule has 0 nitrogen and oxygen atoms in total. The number of rotatable bonds is 14. The van der Waals surface area contributed by atoms with E-state index >= 15 is 0 Å². The lowest BCUT2D eigenvalue weighted by Crippen LogP contribution is -1.92. The Morgan fingerprint density at radius 2 is 1.35 bits per heavy atom. The summed E-state index contributed by atoms with van der Waals surface area (Å²) >= 11 is 0. The van der Waals surface area contributed by atoms with Crippen molar-refractivity contribution in [2.45, 2.75) is 110 Å². The van der Waals surface area contributed by atoms with Gasteiger partial charge in [0, 0.05) is 0 Å². The molecule has 0 aromatic heterocycles. The van der Waals surface area contributed by atoms with Crippen LogP contribution in [0.1, 0.15) is 110 Å². The van der Waals surface area contributed by atoms with Crippen LogP contribution in [0.2, 0.25) is 0 Å². The molecule has 132 valence electrons. The summed E-state index contributed by atoms with van der Waals surface area (Å²) in [6.45, 7) is 2.30. The zero-order chi connectivity index (χ0) is 16.2. The molecule has 0 heteroatoms. The Bertz CT molecular complexity index is 349. The lowest BCUT2D eigenvalue weighted by Gasteiger charge is -2.08. The molecule has 1 fully saturated rings. The van der Waals surface area contributed by atoms with E-state index in [0.717, 1.165) is 11.8 Å². The van der Waals surface area contributed by atoms with Crippen LogP contribution in [0, 0.1) is 11.8 Å². The Morgan fingerprint density at radius 1 is 0.783 bits per heavy atom. The largest absolute Gasteiger partial charge is 0.0847 e. The Hall–Kier alpha value is -0.520. The van der Waals surface area contributed by atoms with Crippen LogP contribution in [0.25, 0.3) is 0 Å². The zero-order valence-corrected chi connectivity index (χ0v) is 15.7. The number of fused-ring (bicyclic) bond motifs is 2. The van der Waals surface area contributed by atoms with E-state index in [1.807, 2.05) is 0 Å². The molecule has 1 saturated carbocycles. The third-order valence-electron chi connectivity index (χ3n) is 5.86. The van der Waals surface area contributed by atoms with Gasteiger partial charge < -0.3 is 0 Å². The minimum Gasteiger partial charge on any atom is -0.0847 e. The van der Waals surface area contributed by atoms with E-state index in [0.29, 0.717) is 0 Å². The molecule has 0 aliphatic heterocycles. The van der Waals surface area contributed by atoms with Crippen LogP contribution in [0.15, 0.2) is 23.8 Å². The molecule has 2 aliphatic rings. The van der Waals surface area contributed by atoms with Crippen LogP contribution in [0.3, 0.4) is 0 Å². The second kappa shape index (κ2) is 11.9. The van der Waals surface area contributed by atoms with Crippen molar-refractivity contribution in [1.29, 1.82) is 0 Å². The van der Waals surface area contributed by atoms with Gasteiger partial charge >= 0.3 is 0 Å². The standard InChI is InChI=1S/C23H40/c1-2-3-4-5-6-7-8-9-10-11-12-13-14-15-16-22-19-21-17-18-23(22)20-21/h16-18,21,23H,2-15,19-20H2,1H3. The van der Waals surface area contributed by atoms with E-state index in [1.165, 1.54) is 103 Å². The molecule has 0 radical (unpaired) electrons. The molecule has 23 heavy (non-hydrogen) atoms. The number of hydrogen-bond acceptors (Lipinski definition) is 0. The maximum atomic E-state index is 2.58. The molecule has 0 spiro atoms. The predicted molar refractivity (Wildman–Crippen MR) is 104 cm³/mol. The molecule has 2 rings (SSSR count). The van der Waals surface area contributed by atoms with E-state index in [9.17, 15) is 0 Å². The Labute approximate surface area is 145 Å². The van der Waals surface area contributed by atoms with Crippen LogP contribution in [0.4, 0.5) is 0 Å². The van der Waals surface area contributed by atoms with Gasteiger partial charge in [-0.3, -0.25) is 0 Å². The maximum Gasteiger partial charge on any atom is -0.00173 e. The highest BCUT2D eigenvalue weighted by molar-refractivity contribution is 5.26. The molecular formula is C23H40. The van der Waals surface area contributed by atoms with E-state index < -0.39 is 0 Å². The van der Waals surface area contributed by atoms with E-state index in [4.69, 9.17) is 0 Å². The van der Waals surface area contributed by atoms with Gasteiger partial charge in [-0.25, -0.2) is 0 Å². The van der Waals surface area contributed by atoms with Gasteiger partial charge in [0.2, 0.25) is 0 Å². The third-order valence-corrected chi connectivity index (χ3v) is 5.86. The molecule has 2 aliphatic carbocycles. The fourth-order valence-corrected chi connectivity index (χ4v) is 4.34. The van der Waals surface area contributed by atoms with Crippen molar-refractivity contribution in [3.05, 3.63) is 23.8 Å². The van der Waals surface area contributed by atoms with Crippen LogP contribution < -0.4 is 0 Å². The second-order valence-corrected chi connectivity index (χ2v) is 8.00. The molecule has 2 atom stereocenters. The highest BCUT2D eigenvalue weighted by Gasteiger charge is 2.29. The van der Waals surface area contributed by atoms with Gasteiger partial charge in [-0.1, -0.05) is 108 Å². The highest BCUT2D eigenvalue weighted by atomic mass is 14.3. The minimum absolute atomic E-state index is 0.835. The Balaban J connectivity index is 1.30. The summed E-state index contributed by atoms with van der Waals surface area (Å²) in [5, 5.41) is 0. The summed E-state index contributed by atoms with van der Waals surface area (Å²) in [5.74, 6) is 1.74. The monoisotopic (exact) mass is 316 g/mol. The molecule has 0 N–H and O–H groups in total. The smallest absolute Gasteiger partial charge is 0.00173 e. The summed E-state index contributed by atoms with van der Waals surface area (Å²) in [6, 6.07) is 0. The molecular weight excluding hydrogens is 276 g/mol. The summed E-state index contributed by atoms with van der Waals surface area (Å²) in [4.78, 5) is 0. The van der Waals surface area contributed by atoms with Crippen LogP contribution in [-0.4, -0.2) is 0 Å². The topological polar surface area (TPSA) is 0 Å². The summed E-state index contributed by atoms with van der Waals surface area (Å²) in [7, 11) is 0. The van der Waals surface area contributed by atoms with Crippen LogP contribution >= 0.6 is 0 Å². The van der Waals surface area contributed by atoms with Gasteiger partial charge in [-0.2, -0.15) is 0 Å².